The predicted molar refractivity (Wildman–Crippen MR) is 36.8 cm³/mol. The van der Waals surface area contributed by atoms with Crippen molar-refractivity contribution < 1.29 is 4.79 Å². The maximum atomic E-state index is 10.9. The van der Waals surface area contributed by atoms with Crippen LogP contribution in [0.3, 0.4) is 0 Å². The standard InChI is InChI=1S/C5H7N3O3/c1-8-2-3(6-10)4(7-11)5(8)9/h3-4H,2H2,1H3. The highest BCUT2D eigenvalue weighted by molar-refractivity contribution is 5.85. The van der Waals surface area contributed by atoms with E-state index in [1.807, 2.05) is 0 Å². The summed E-state index contributed by atoms with van der Waals surface area (Å²) in [4.78, 5) is 32.3. The Hall–Kier alpha value is -1.33. The van der Waals surface area contributed by atoms with E-state index in [2.05, 4.69) is 10.4 Å². The molecule has 2 unspecified atom stereocenters. The number of nitroso groups, excluding NO2 is 2. The van der Waals surface area contributed by atoms with E-state index in [0.717, 1.165) is 0 Å². The second-order valence-electron chi connectivity index (χ2n) is 2.44. The van der Waals surface area contributed by atoms with Crippen molar-refractivity contribution in [2.75, 3.05) is 13.6 Å². The Morgan fingerprint density at radius 1 is 1.45 bits per heavy atom. The molecule has 0 aliphatic carbocycles. The zero-order chi connectivity index (χ0) is 8.43. The molecule has 1 aliphatic rings. The Bertz CT molecular complexity index is 205. The summed E-state index contributed by atoms with van der Waals surface area (Å²) in [7, 11) is 1.51. The number of rotatable bonds is 2. The molecule has 6 nitrogen and oxygen atoms in total. The molecular weight excluding hydrogens is 150 g/mol. The van der Waals surface area contributed by atoms with Crippen molar-refractivity contribution >= 4 is 5.91 Å². The number of likely N-dealkylation sites (N-methyl/N-ethyl adjacent to an activating group) is 1. The van der Waals surface area contributed by atoms with E-state index in [-0.39, 0.29) is 6.54 Å². The lowest BCUT2D eigenvalue weighted by atomic mass is 10.2. The summed E-state index contributed by atoms with van der Waals surface area (Å²) in [6.07, 6.45) is 0. The lowest BCUT2D eigenvalue weighted by Crippen LogP contribution is -2.25. The molecule has 0 aromatic rings. The zero-order valence-corrected chi connectivity index (χ0v) is 5.93. The lowest BCUT2D eigenvalue weighted by Gasteiger charge is -2.03. The Labute approximate surface area is 62.5 Å². The van der Waals surface area contributed by atoms with Gasteiger partial charge in [-0.05, 0) is 0 Å². The third-order valence-electron chi connectivity index (χ3n) is 1.70. The van der Waals surface area contributed by atoms with E-state index in [1.165, 1.54) is 11.9 Å². The molecule has 1 heterocycles. The third-order valence-corrected chi connectivity index (χ3v) is 1.70. The van der Waals surface area contributed by atoms with Gasteiger partial charge in [-0.15, -0.1) is 4.91 Å². The maximum Gasteiger partial charge on any atom is 0.253 e. The Balaban J connectivity index is 2.80. The minimum absolute atomic E-state index is 0.193. The van der Waals surface area contributed by atoms with Gasteiger partial charge in [0.05, 0.1) is 0 Å². The minimum atomic E-state index is -1.10. The Kier molecular flexibility index (Phi) is 1.93. The fourth-order valence-electron chi connectivity index (χ4n) is 1.07. The van der Waals surface area contributed by atoms with Crippen molar-refractivity contribution in [1.29, 1.82) is 0 Å². The normalized spacial score (nSPS) is 30.6. The number of hydrogen-bond acceptors (Lipinski definition) is 5. The first-order chi connectivity index (χ1) is 5.20. The summed E-state index contributed by atoms with van der Waals surface area (Å²) in [5.74, 6) is -0.426. The van der Waals surface area contributed by atoms with Crippen molar-refractivity contribution in [2.24, 2.45) is 10.4 Å². The van der Waals surface area contributed by atoms with E-state index in [9.17, 15) is 14.6 Å². The molecule has 1 amide bonds. The lowest BCUT2D eigenvalue weighted by molar-refractivity contribution is -0.127. The topological polar surface area (TPSA) is 79.2 Å². The van der Waals surface area contributed by atoms with Gasteiger partial charge in [0.1, 0.15) is 6.04 Å². The van der Waals surface area contributed by atoms with Gasteiger partial charge in [0.2, 0.25) is 0 Å². The first-order valence-electron chi connectivity index (χ1n) is 3.10. The van der Waals surface area contributed by atoms with Gasteiger partial charge in [-0.2, -0.15) is 4.91 Å². The van der Waals surface area contributed by atoms with E-state index >= 15 is 0 Å². The maximum absolute atomic E-state index is 10.9. The minimum Gasteiger partial charge on any atom is -0.341 e. The first kappa shape index (κ1) is 7.77. The van der Waals surface area contributed by atoms with Crippen LogP contribution in [0.2, 0.25) is 0 Å². The molecule has 0 aromatic carbocycles. The average Bonchev–Trinajstić information content (AvgIpc) is 2.28. The molecule has 0 radical (unpaired) electrons. The van der Waals surface area contributed by atoms with Crippen LogP contribution in [-0.4, -0.2) is 36.5 Å². The van der Waals surface area contributed by atoms with Crippen LogP contribution in [0.5, 0.6) is 0 Å². The van der Waals surface area contributed by atoms with Crippen molar-refractivity contribution in [3.8, 4) is 0 Å². The summed E-state index contributed by atoms with van der Waals surface area (Å²) in [5.41, 5.74) is 0. The van der Waals surface area contributed by atoms with Gasteiger partial charge in [-0.1, -0.05) is 10.4 Å². The fraction of sp³-hybridized carbons (Fsp3) is 0.800. The van der Waals surface area contributed by atoms with Gasteiger partial charge < -0.3 is 4.90 Å². The van der Waals surface area contributed by atoms with Crippen LogP contribution in [0.1, 0.15) is 0 Å². The fourth-order valence-corrected chi connectivity index (χ4v) is 1.07. The molecule has 11 heavy (non-hydrogen) atoms. The highest BCUT2D eigenvalue weighted by Crippen LogP contribution is 2.15. The van der Waals surface area contributed by atoms with E-state index in [0.29, 0.717) is 0 Å². The summed E-state index contributed by atoms with van der Waals surface area (Å²) < 4.78 is 0. The van der Waals surface area contributed by atoms with Crippen LogP contribution < -0.4 is 0 Å². The smallest absolute Gasteiger partial charge is 0.253 e. The molecule has 0 saturated carbocycles. The highest BCUT2D eigenvalue weighted by atomic mass is 16.3. The molecule has 0 bridgehead atoms. The molecule has 0 spiro atoms. The Morgan fingerprint density at radius 3 is 2.45 bits per heavy atom. The van der Waals surface area contributed by atoms with Gasteiger partial charge in [0.15, 0.2) is 6.04 Å². The second-order valence-corrected chi connectivity index (χ2v) is 2.44. The summed E-state index contributed by atoms with van der Waals surface area (Å²) in [5, 5.41) is 5.17. The van der Waals surface area contributed by atoms with Gasteiger partial charge in [0, 0.05) is 13.6 Å². The zero-order valence-electron chi connectivity index (χ0n) is 5.93. The van der Waals surface area contributed by atoms with Crippen LogP contribution >= 0.6 is 0 Å². The number of amides is 1. The number of carbonyl (C=O) groups is 1. The van der Waals surface area contributed by atoms with E-state index < -0.39 is 18.0 Å². The van der Waals surface area contributed by atoms with E-state index in [4.69, 9.17) is 0 Å². The molecule has 0 aromatic heterocycles. The van der Waals surface area contributed by atoms with Crippen LogP contribution in [0.4, 0.5) is 0 Å². The summed E-state index contributed by atoms with van der Waals surface area (Å²) in [6.45, 7) is 0.193. The molecule has 60 valence electrons. The van der Waals surface area contributed by atoms with Gasteiger partial charge >= 0.3 is 0 Å². The molecule has 1 aliphatic heterocycles. The first-order valence-corrected chi connectivity index (χ1v) is 3.10. The second kappa shape index (κ2) is 2.73. The molecule has 1 saturated heterocycles. The van der Waals surface area contributed by atoms with Crippen LogP contribution in [0.25, 0.3) is 0 Å². The molecule has 0 N–H and O–H groups in total. The number of hydrogen-bond donors (Lipinski definition) is 0. The largest absolute Gasteiger partial charge is 0.341 e. The van der Waals surface area contributed by atoms with Gasteiger partial charge in [-0.25, -0.2) is 0 Å². The Morgan fingerprint density at radius 2 is 2.09 bits per heavy atom. The van der Waals surface area contributed by atoms with Crippen LogP contribution in [-0.2, 0) is 4.79 Å². The van der Waals surface area contributed by atoms with E-state index in [1.54, 1.807) is 0 Å². The monoisotopic (exact) mass is 157 g/mol. The van der Waals surface area contributed by atoms with Gasteiger partial charge in [0.25, 0.3) is 5.91 Å². The molecule has 2 atom stereocenters. The predicted octanol–water partition coefficient (Wildman–Crippen LogP) is -0.272. The van der Waals surface area contributed by atoms with Crippen LogP contribution in [0, 0.1) is 9.81 Å². The molecular formula is C5H7N3O3. The van der Waals surface area contributed by atoms with Crippen molar-refractivity contribution in [2.45, 2.75) is 12.1 Å². The molecule has 6 heteroatoms. The number of nitrogens with zero attached hydrogens (tertiary/aromatic N) is 3. The molecule has 1 fully saturated rings. The number of likely N-dealkylation sites (tertiary alicyclic amines) is 1. The van der Waals surface area contributed by atoms with Crippen molar-refractivity contribution in [1.82, 2.24) is 4.90 Å². The van der Waals surface area contributed by atoms with Crippen molar-refractivity contribution in [3.63, 3.8) is 0 Å². The third kappa shape index (κ3) is 1.11. The molecule has 1 rings (SSSR count). The summed E-state index contributed by atoms with van der Waals surface area (Å²) >= 11 is 0. The quantitative estimate of drug-likeness (QED) is 0.517. The van der Waals surface area contributed by atoms with Crippen molar-refractivity contribution in [3.05, 3.63) is 9.81 Å². The highest BCUT2D eigenvalue weighted by Gasteiger charge is 2.40. The van der Waals surface area contributed by atoms with Crippen LogP contribution in [0.15, 0.2) is 10.4 Å². The number of carbonyl (C=O) groups excluding carboxylic acids is 1. The summed E-state index contributed by atoms with van der Waals surface area (Å²) in [6, 6.07) is -1.90. The SMILES string of the molecule is CN1CC(N=O)C(N=O)C1=O. The van der Waals surface area contributed by atoms with Gasteiger partial charge in [-0.3, -0.25) is 4.79 Å². The average molecular weight is 157 g/mol.